The number of likely N-dealkylation sites (tertiary alicyclic amines) is 1. The third-order valence-electron chi connectivity index (χ3n) is 4.50. The summed E-state index contributed by atoms with van der Waals surface area (Å²) < 4.78 is 4.96. The number of nitrogens with one attached hydrogen (secondary N) is 1. The summed E-state index contributed by atoms with van der Waals surface area (Å²) in [6.45, 7) is 5.33. The van der Waals surface area contributed by atoms with Crippen molar-refractivity contribution < 1.29 is 14.3 Å². The molecule has 1 aromatic rings. The molecule has 1 aromatic carbocycles. The molecule has 3 amide bonds. The molecular formula is C17H23N3O3. The van der Waals surface area contributed by atoms with E-state index in [0.717, 1.165) is 37.2 Å². The number of anilines is 1. The van der Waals surface area contributed by atoms with E-state index in [9.17, 15) is 9.59 Å². The van der Waals surface area contributed by atoms with E-state index in [-0.39, 0.29) is 12.1 Å². The molecule has 2 heterocycles. The Kier molecular flexibility index (Phi) is 4.69. The summed E-state index contributed by atoms with van der Waals surface area (Å²) in [6, 6.07) is 7.63. The number of ether oxygens (including phenoxy) is 1. The molecule has 0 unspecified atom stereocenters. The summed E-state index contributed by atoms with van der Waals surface area (Å²) in [5.41, 5.74) is 1.78. The van der Waals surface area contributed by atoms with Gasteiger partial charge in [0.1, 0.15) is 6.61 Å². The van der Waals surface area contributed by atoms with Crippen molar-refractivity contribution >= 4 is 17.8 Å². The molecule has 0 aliphatic carbocycles. The van der Waals surface area contributed by atoms with Crippen molar-refractivity contribution in [2.24, 2.45) is 5.92 Å². The normalized spacial score (nSPS) is 18.9. The third kappa shape index (κ3) is 3.75. The molecule has 1 N–H and O–H groups in total. The molecular weight excluding hydrogens is 294 g/mol. The quantitative estimate of drug-likeness (QED) is 0.932. The number of piperidine rings is 1. The maximum Gasteiger partial charge on any atom is 0.414 e. The van der Waals surface area contributed by atoms with Crippen LogP contribution in [0, 0.1) is 5.92 Å². The number of cyclic esters (lactones) is 1. The Balaban J connectivity index is 1.56. The number of hydrogen-bond acceptors (Lipinski definition) is 3. The highest BCUT2D eigenvalue weighted by Gasteiger charge is 2.24. The average Bonchev–Trinajstić information content (AvgIpc) is 3.00. The zero-order chi connectivity index (χ0) is 16.2. The first-order chi connectivity index (χ1) is 11.1. The standard InChI is InChI=1S/C17H23N3O3/c1-13-5-7-19(8-6-13)16(21)18-12-14-3-2-4-15(11-14)20-9-10-23-17(20)22/h2-4,11,13H,5-10,12H2,1H3,(H,18,21). The van der Waals surface area contributed by atoms with Crippen LogP contribution in [0.15, 0.2) is 24.3 Å². The second kappa shape index (κ2) is 6.89. The third-order valence-corrected chi connectivity index (χ3v) is 4.50. The minimum Gasteiger partial charge on any atom is -0.447 e. The fraction of sp³-hybridized carbons (Fsp3) is 0.529. The summed E-state index contributed by atoms with van der Waals surface area (Å²) >= 11 is 0. The number of benzene rings is 1. The van der Waals surface area contributed by atoms with Crippen LogP contribution in [0.2, 0.25) is 0 Å². The summed E-state index contributed by atoms with van der Waals surface area (Å²) in [4.78, 5) is 27.3. The maximum atomic E-state index is 12.2. The fourth-order valence-corrected chi connectivity index (χ4v) is 2.96. The van der Waals surface area contributed by atoms with Crippen LogP contribution in [0.25, 0.3) is 0 Å². The van der Waals surface area contributed by atoms with Gasteiger partial charge in [0.15, 0.2) is 0 Å². The molecule has 0 saturated carbocycles. The molecule has 124 valence electrons. The highest BCUT2D eigenvalue weighted by Crippen LogP contribution is 2.20. The smallest absolute Gasteiger partial charge is 0.414 e. The monoisotopic (exact) mass is 317 g/mol. The van der Waals surface area contributed by atoms with Gasteiger partial charge < -0.3 is 15.0 Å². The Morgan fingerprint density at radius 3 is 2.78 bits per heavy atom. The first-order valence-electron chi connectivity index (χ1n) is 8.19. The van der Waals surface area contributed by atoms with E-state index in [2.05, 4.69) is 12.2 Å². The van der Waals surface area contributed by atoms with Gasteiger partial charge in [-0.05, 0) is 36.5 Å². The fourth-order valence-electron chi connectivity index (χ4n) is 2.96. The predicted octanol–water partition coefficient (Wildman–Crippen LogP) is 2.58. The lowest BCUT2D eigenvalue weighted by Gasteiger charge is -2.30. The largest absolute Gasteiger partial charge is 0.447 e. The van der Waals surface area contributed by atoms with E-state index in [1.165, 1.54) is 0 Å². The summed E-state index contributed by atoms with van der Waals surface area (Å²) in [7, 11) is 0. The Bertz CT molecular complexity index is 582. The second-order valence-corrected chi connectivity index (χ2v) is 6.26. The van der Waals surface area contributed by atoms with Crippen LogP contribution in [-0.4, -0.2) is 43.3 Å². The van der Waals surface area contributed by atoms with E-state index in [4.69, 9.17) is 4.74 Å². The van der Waals surface area contributed by atoms with E-state index in [0.29, 0.717) is 25.6 Å². The van der Waals surface area contributed by atoms with E-state index in [1.807, 2.05) is 29.2 Å². The van der Waals surface area contributed by atoms with Crippen molar-refractivity contribution in [2.75, 3.05) is 31.1 Å². The van der Waals surface area contributed by atoms with Gasteiger partial charge in [-0.1, -0.05) is 19.1 Å². The summed E-state index contributed by atoms with van der Waals surface area (Å²) in [5.74, 6) is 0.705. The second-order valence-electron chi connectivity index (χ2n) is 6.26. The number of urea groups is 1. The molecule has 2 saturated heterocycles. The van der Waals surface area contributed by atoms with Crippen molar-refractivity contribution in [1.29, 1.82) is 0 Å². The first kappa shape index (κ1) is 15.6. The molecule has 6 nitrogen and oxygen atoms in total. The lowest BCUT2D eigenvalue weighted by Crippen LogP contribution is -2.43. The maximum absolute atomic E-state index is 12.2. The molecule has 0 spiro atoms. The van der Waals surface area contributed by atoms with Crippen LogP contribution < -0.4 is 10.2 Å². The zero-order valence-corrected chi connectivity index (χ0v) is 13.5. The first-order valence-corrected chi connectivity index (χ1v) is 8.19. The molecule has 2 fully saturated rings. The lowest BCUT2D eigenvalue weighted by molar-refractivity contribution is 0.173. The van der Waals surface area contributed by atoms with Crippen LogP contribution in [-0.2, 0) is 11.3 Å². The average molecular weight is 317 g/mol. The minimum absolute atomic E-state index is 0.0112. The molecule has 0 bridgehead atoms. The van der Waals surface area contributed by atoms with Crippen molar-refractivity contribution in [1.82, 2.24) is 10.2 Å². The molecule has 6 heteroatoms. The highest BCUT2D eigenvalue weighted by molar-refractivity contribution is 5.89. The molecule has 3 rings (SSSR count). The van der Waals surface area contributed by atoms with E-state index in [1.54, 1.807) is 4.90 Å². The number of nitrogens with zero attached hydrogens (tertiary/aromatic N) is 2. The molecule has 0 atom stereocenters. The number of hydrogen-bond donors (Lipinski definition) is 1. The van der Waals surface area contributed by atoms with Gasteiger partial charge in [0.05, 0.1) is 6.54 Å². The minimum atomic E-state index is -0.311. The molecule has 23 heavy (non-hydrogen) atoms. The Labute approximate surface area is 136 Å². The van der Waals surface area contributed by atoms with Gasteiger partial charge >= 0.3 is 12.1 Å². The number of rotatable bonds is 3. The molecule has 0 aromatic heterocycles. The molecule has 2 aliphatic rings. The van der Waals surface area contributed by atoms with Gasteiger partial charge in [0.2, 0.25) is 0 Å². The van der Waals surface area contributed by atoms with E-state index < -0.39 is 0 Å². The van der Waals surface area contributed by atoms with Crippen LogP contribution in [0.5, 0.6) is 0 Å². The lowest BCUT2D eigenvalue weighted by atomic mass is 10.00. The van der Waals surface area contributed by atoms with Gasteiger partial charge in [-0.25, -0.2) is 9.59 Å². The van der Waals surface area contributed by atoms with Crippen LogP contribution in [0.1, 0.15) is 25.3 Å². The summed E-state index contributed by atoms with van der Waals surface area (Å²) in [5, 5.41) is 2.96. The number of carbonyl (C=O) groups excluding carboxylic acids is 2. The van der Waals surface area contributed by atoms with Gasteiger partial charge in [-0.15, -0.1) is 0 Å². The van der Waals surface area contributed by atoms with Gasteiger partial charge in [-0.3, -0.25) is 4.90 Å². The SMILES string of the molecule is CC1CCN(C(=O)NCc2cccc(N3CCOC3=O)c2)CC1. The van der Waals surface area contributed by atoms with Gasteiger partial charge in [0.25, 0.3) is 0 Å². The van der Waals surface area contributed by atoms with Crippen molar-refractivity contribution in [2.45, 2.75) is 26.3 Å². The van der Waals surface area contributed by atoms with E-state index >= 15 is 0 Å². The Morgan fingerprint density at radius 1 is 1.30 bits per heavy atom. The highest BCUT2D eigenvalue weighted by atomic mass is 16.6. The van der Waals surface area contributed by atoms with Crippen molar-refractivity contribution in [3.8, 4) is 0 Å². The molecule has 2 aliphatic heterocycles. The Hall–Kier alpha value is -2.24. The number of carbonyl (C=O) groups is 2. The Morgan fingerprint density at radius 2 is 2.09 bits per heavy atom. The zero-order valence-electron chi connectivity index (χ0n) is 13.5. The predicted molar refractivity (Wildman–Crippen MR) is 87.3 cm³/mol. The van der Waals surface area contributed by atoms with Crippen LogP contribution in [0.4, 0.5) is 15.3 Å². The summed E-state index contributed by atoms with van der Waals surface area (Å²) in [6.07, 6.45) is 1.83. The van der Waals surface area contributed by atoms with Gasteiger partial charge in [0, 0.05) is 25.3 Å². The molecule has 0 radical (unpaired) electrons. The number of amides is 3. The topological polar surface area (TPSA) is 61.9 Å². The van der Waals surface area contributed by atoms with Crippen LogP contribution >= 0.6 is 0 Å². The van der Waals surface area contributed by atoms with Crippen molar-refractivity contribution in [3.05, 3.63) is 29.8 Å². The van der Waals surface area contributed by atoms with Gasteiger partial charge in [-0.2, -0.15) is 0 Å². The van der Waals surface area contributed by atoms with Crippen molar-refractivity contribution in [3.63, 3.8) is 0 Å². The van der Waals surface area contributed by atoms with Crippen LogP contribution in [0.3, 0.4) is 0 Å².